The Balaban J connectivity index is 1.84. The predicted molar refractivity (Wildman–Crippen MR) is 135 cm³/mol. The standard InChI is InChI=1S/C26H23N3O3S/c1-16-7-5-8-17(2)23(16)27-26-28(24-18(3)9-6-10-19(24)4)25(30)22(33-26)15-20-11-13-21(14-12-20)29(31)32/h5-15H,1-4H3/b22-15-,27-26?. The molecule has 0 atom stereocenters. The van der Waals surface area contributed by atoms with E-state index < -0.39 is 4.92 Å². The summed E-state index contributed by atoms with van der Waals surface area (Å²) in [6, 6.07) is 18.1. The number of thioether (sulfide) groups is 1. The molecule has 4 rings (SSSR count). The van der Waals surface area contributed by atoms with Gasteiger partial charge in [-0.2, -0.15) is 0 Å². The molecular weight excluding hydrogens is 434 g/mol. The number of rotatable bonds is 4. The average molecular weight is 458 g/mol. The van der Waals surface area contributed by atoms with Crippen LogP contribution in [0.15, 0.2) is 70.6 Å². The molecule has 0 aromatic heterocycles. The van der Waals surface area contributed by atoms with Crippen molar-refractivity contribution in [3.05, 3.63) is 104 Å². The van der Waals surface area contributed by atoms with Gasteiger partial charge in [-0.1, -0.05) is 36.4 Å². The summed E-state index contributed by atoms with van der Waals surface area (Å²) in [5.41, 5.74) is 6.43. The van der Waals surface area contributed by atoms with E-state index in [2.05, 4.69) is 0 Å². The highest BCUT2D eigenvalue weighted by Crippen LogP contribution is 2.40. The van der Waals surface area contributed by atoms with Crippen LogP contribution in [-0.4, -0.2) is 16.0 Å². The average Bonchev–Trinajstić information content (AvgIpc) is 3.06. The summed E-state index contributed by atoms with van der Waals surface area (Å²) in [7, 11) is 0. The zero-order valence-electron chi connectivity index (χ0n) is 18.8. The van der Waals surface area contributed by atoms with Crippen molar-refractivity contribution in [1.29, 1.82) is 0 Å². The number of nitrogens with zero attached hydrogens (tertiary/aromatic N) is 3. The number of non-ortho nitro benzene ring substituents is 1. The maximum absolute atomic E-state index is 13.6. The van der Waals surface area contributed by atoms with Crippen LogP contribution in [0, 0.1) is 37.8 Å². The molecule has 33 heavy (non-hydrogen) atoms. The summed E-state index contributed by atoms with van der Waals surface area (Å²) >= 11 is 1.31. The van der Waals surface area contributed by atoms with Crippen LogP contribution in [-0.2, 0) is 4.79 Å². The van der Waals surface area contributed by atoms with Crippen LogP contribution < -0.4 is 4.90 Å². The first-order valence-corrected chi connectivity index (χ1v) is 11.3. The number of aliphatic imine (C=N–C) groups is 1. The van der Waals surface area contributed by atoms with Crippen molar-refractivity contribution in [3.63, 3.8) is 0 Å². The normalized spacial score (nSPS) is 16.1. The molecule has 166 valence electrons. The number of aryl methyl sites for hydroxylation is 4. The van der Waals surface area contributed by atoms with Crippen LogP contribution in [0.5, 0.6) is 0 Å². The van der Waals surface area contributed by atoms with Crippen molar-refractivity contribution >= 4 is 46.0 Å². The van der Waals surface area contributed by atoms with E-state index in [1.807, 2.05) is 64.1 Å². The van der Waals surface area contributed by atoms with Crippen molar-refractivity contribution in [2.45, 2.75) is 27.7 Å². The van der Waals surface area contributed by atoms with E-state index in [0.29, 0.717) is 15.6 Å². The number of carbonyl (C=O) groups is 1. The van der Waals surface area contributed by atoms with E-state index >= 15 is 0 Å². The van der Waals surface area contributed by atoms with Crippen molar-refractivity contribution in [2.24, 2.45) is 4.99 Å². The fourth-order valence-electron chi connectivity index (χ4n) is 3.83. The monoisotopic (exact) mass is 457 g/mol. The molecule has 1 aliphatic rings. The molecule has 0 unspecified atom stereocenters. The van der Waals surface area contributed by atoms with Crippen LogP contribution in [0.2, 0.25) is 0 Å². The number of nitro benzene ring substituents is 1. The van der Waals surface area contributed by atoms with E-state index in [4.69, 9.17) is 4.99 Å². The van der Waals surface area contributed by atoms with Gasteiger partial charge >= 0.3 is 0 Å². The molecule has 0 saturated carbocycles. The Bertz CT molecular complexity index is 1290. The van der Waals surface area contributed by atoms with Crippen molar-refractivity contribution in [2.75, 3.05) is 4.90 Å². The van der Waals surface area contributed by atoms with Crippen LogP contribution in [0.1, 0.15) is 27.8 Å². The lowest BCUT2D eigenvalue weighted by atomic mass is 10.1. The second kappa shape index (κ2) is 9.03. The predicted octanol–water partition coefficient (Wildman–Crippen LogP) is 6.64. The van der Waals surface area contributed by atoms with Crippen LogP contribution in [0.25, 0.3) is 6.08 Å². The van der Waals surface area contributed by atoms with Gasteiger partial charge in [0.15, 0.2) is 5.17 Å². The Morgan fingerprint density at radius 1 is 0.879 bits per heavy atom. The largest absolute Gasteiger partial charge is 0.271 e. The van der Waals surface area contributed by atoms with E-state index in [-0.39, 0.29) is 11.6 Å². The van der Waals surface area contributed by atoms with Gasteiger partial charge in [0.2, 0.25) is 0 Å². The third-order valence-corrected chi connectivity index (χ3v) is 6.49. The van der Waals surface area contributed by atoms with Gasteiger partial charge in [-0.05, 0) is 85.5 Å². The first-order valence-electron chi connectivity index (χ1n) is 10.5. The SMILES string of the molecule is Cc1cccc(C)c1N=C1S/C(=C\c2ccc([N+](=O)[O-])cc2)C(=O)N1c1c(C)cccc1C. The molecule has 1 heterocycles. The van der Waals surface area contributed by atoms with Crippen molar-refractivity contribution in [1.82, 2.24) is 0 Å². The highest BCUT2D eigenvalue weighted by molar-refractivity contribution is 8.19. The van der Waals surface area contributed by atoms with Crippen LogP contribution in [0.4, 0.5) is 17.1 Å². The molecule has 1 saturated heterocycles. The molecule has 3 aromatic rings. The summed E-state index contributed by atoms with van der Waals surface area (Å²) < 4.78 is 0. The second-order valence-electron chi connectivity index (χ2n) is 7.98. The lowest BCUT2D eigenvalue weighted by Gasteiger charge is -2.21. The first kappa shape index (κ1) is 22.5. The summed E-state index contributed by atoms with van der Waals surface area (Å²) in [6.45, 7) is 7.97. The molecule has 0 spiro atoms. The molecule has 1 fully saturated rings. The van der Waals surface area contributed by atoms with E-state index in [1.54, 1.807) is 23.1 Å². The smallest absolute Gasteiger partial charge is 0.268 e. The Kier molecular flexibility index (Phi) is 6.16. The van der Waals surface area contributed by atoms with Crippen LogP contribution >= 0.6 is 11.8 Å². The van der Waals surface area contributed by atoms with Gasteiger partial charge in [-0.3, -0.25) is 19.8 Å². The third kappa shape index (κ3) is 4.45. The van der Waals surface area contributed by atoms with Crippen molar-refractivity contribution in [3.8, 4) is 0 Å². The molecule has 1 aliphatic heterocycles. The number of amides is 1. The summed E-state index contributed by atoms with van der Waals surface area (Å²) in [5, 5.41) is 11.5. The number of hydrogen-bond donors (Lipinski definition) is 0. The zero-order chi connectivity index (χ0) is 23.7. The summed E-state index contributed by atoms with van der Waals surface area (Å²) in [6.07, 6.45) is 1.75. The summed E-state index contributed by atoms with van der Waals surface area (Å²) in [5.74, 6) is -0.166. The molecule has 0 N–H and O–H groups in total. The van der Waals surface area contributed by atoms with Gasteiger partial charge in [0.1, 0.15) is 0 Å². The number of para-hydroxylation sites is 2. The topological polar surface area (TPSA) is 75.8 Å². The third-order valence-electron chi connectivity index (χ3n) is 5.52. The Hall–Kier alpha value is -3.71. The second-order valence-corrected chi connectivity index (χ2v) is 8.98. The molecule has 7 heteroatoms. The van der Waals surface area contributed by atoms with Crippen molar-refractivity contribution < 1.29 is 9.72 Å². The minimum Gasteiger partial charge on any atom is -0.268 e. The van der Waals surface area contributed by atoms with Gasteiger partial charge in [0.25, 0.3) is 11.6 Å². The first-order chi connectivity index (χ1) is 15.8. The Morgan fingerprint density at radius 2 is 1.42 bits per heavy atom. The summed E-state index contributed by atoms with van der Waals surface area (Å²) in [4.78, 5) is 31.2. The lowest BCUT2D eigenvalue weighted by Crippen LogP contribution is -2.30. The molecule has 1 amide bonds. The molecule has 6 nitrogen and oxygen atoms in total. The minimum atomic E-state index is -0.440. The maximum atomic E-state index is 13.6. The molecule has 0 radical (unpaired) electrons. The maximum Gasteiger partial charge on any atom is 0.271 e. The zero-order valence-corrected chi connectivity index (χ0v) is 19.6. The van der Waals surface area contributed by atoms with E-state index in [0.717, 1.165) is 33.6 Å². The number of amidine groups is 1. The fraction of sp³-hybridized carbons (Fsp3) is 0.154. The molecule has 0 aliphatic carbocycles. The molecule has 3 aromatic carbocycles. The quantitative estimate of drug-likeness (QED) is 0.250. The van der Waals surface area contributed by atoms with Gasteiger partial charge < -0.3 is 0 Å². The van der Waals surface area contributed by atoms with Gasteiger partial charge in [0, 0.05) is 12.1 Å². The molecule has 0 bridgehead atoms. The van der Waals surface area contributed by atoms with E-state index in [1.165, 1.54) is 23.9 Å². The van der Waals surface area contributed by atoms with Crippen LogP contribution in [0.3, 0.4) is 0 Å². The number of nitro groups is 1. The Labute approximate surface area is 196 Å². The minimum absolute atomic E-state index is 0.0111. The van der Waals surface area contributed by atoms with Gasteiger partial charge in [-0.25, -0.2) is 4.99 Å². The highest BCUT2D eigenvalue weighted by Gasteiger charge is 2.36. The van der Waals surface area contributed by atoms with Gasteiger partial charge in [0.05, 0.1) is 21.2 Å². The highest BCUT2D eigenvalue weighted by atomic mass is 32.2. The van der Waals surface area contributed by atoms with E-state index in [9.17, 15) is 14.9 Å². The lowest BCUT2D eigenvalue weighted by molar-refractivity contribution is -0.384. The number of hydrogen-bond acceptors (Lipinski definition) is 5. The Morgan fingerprint density at radius 3 is 1.97 bits per heavy atom. The number of carbonyl (C=O) groups excluding carboxylic acids is 1. The van der Waals surface area contributed by atoms with Gasteiger partial charge in [-0.15, -0.1) is 0 Å². The number of benzene rings is 3. The molecular formula is C26H23N3O3S. The fourth-order valence-corrected chi connectivity index (χ4v) is 4.80. The number of anilines is 1.